The zero-order chi connectivity index (χ0) is 13.0. The van der Waals surface area contributed by atoms with Crippen LogP contribution in [0.5, 0.6) is 0 Å². The molecule has 0 aromatic carbocycles. The molecule has 0 aliphatic heterocycles. The predicted octanol–water partition coefficient (Wildman–Crippen LogP) is 4.21. The first-order valence-electron chi connectivity index (χ1n) is 8.15. The highest BCUT2D eigenvalue weighted by Crippen LogP contribution is 2.67. The second-order valence-electron chi connectivity index (χ2n) is 8.70. The fourth-order valence-electron chi connectivity index (χ4n) is 6.44. The van der Waals surface area contributed by atoms with E-state index in [2.05, 4.69) is 20.8 Å². The second-order valence-corrected chi connectivity index (χ2v) is 8.70. The lowest BCUT2D eigenvalue weighted by molar-refractivity contribution is -0.130. The Morgan fingerprint density at radius 3 is 2.17 bits per heavy atom. The van der Waals surface area contributed by atoms with E-state index in [-0.39, 0.29) is 0 Å². The Balaban J connectivity index is 1.85. The van der Waals surface area contributed by atoms with Gasteiger partial charge in [0.2, 0.25) is 0 Å². The maximum Gasteiger partial charge on any atom is -0.00434 e. The molecule has 1 nitrogen and oxygen atoms in total. The highest BCUT2D eigenvalue weighted by Gasteiger charge is 2.57. The van der Waals surface area contributed by atoms with Crippen molar-refractivity contribution in [2.45, 2.75) is 65.7 Å². The Bertz CT molecular complexity index is 306. The zero-order valence-electron chi connectivity index (χ0n) is 12.5. The molecular weight excluding hydrogens is 218 g/mol. The molecule has 4 aliphatic carbocycles. The van der Waals surface area contributed by atoms with Gasteiger partial charge in [-0.15, -0.1) is 0 Å². The Morgan fingerprint density at radius 1 is 1.11 bits per heavy atom. The van der Waals surface area contributed by atoms with Crippen LogP contribution in [-0.4, -0.2) is 6.54 Å². The molecule has 3 atom stereocenters. The van der Waals surface area contributed by atoms with E-state index in [4.69, 9.17) is 5.73 Å². The summed E-state index contributed by atoms with van der Waals surface area (Å²) in [5, 5.41) is 0. The zero-order valence-corrected chi connectivity index (χ0v) is 12.5. The van der Waals surface area contributed by atoms with E-state index in [0.717, 1.165) is 30.2 Å². The minimum absolute atomic E-state index is 0.637. The van der Waals surface area contributed by atoms with Crippen LogP contribution in [-0.2, 0) is 0 Å². The van der Waals surface area contributed by atoms with E-state index >= 15 is 0 Å². The molecule has 0 aromatic rings. The van der Waals surface area contributed by atoms with E-state index in [1.165, 1.54) is 44.9 Å². The number of nitrogens with two attached hydrogens (primary N) is 1. The van der Waals surface area contributed by atoms with Crippen molar-refractivity contribution in [1.82, 2.24) is 0 Å². The largest absolute Gasteiger partial charge is 0.330 e. The van der Waals surface area contributed by atoms with Crippen LogP contribution in [0.15, 0.2) is 0 Å². The van der Waals surface area contributed by atoms with Gasteiger partial charge >= 0.3 is 0 Å². The molecule has 3 unspecified atom stereocenters. The van der Waals surface area contributed by atoms with Gasteiger partial charge in [0.05, 0.1) is 0 Å². The molecule has 18 heavy (non-hydrogen) atoms. The third kappa shape index (κ3) is 2.03. The van der Waals surface area contributed by atoms with Crippen LogP contribution in [0.25, 0.3) is 0 Å². The summed E-state index contributed by atoms with van der Waals surface area (Å²) in [6.07, 6.45) is 10.4. The van der Waals surface area contributed by atoms with Crippen molar-refractivity contribution in [3.8, 4) is 0 Å². The van der Waals surface area contributed by atoms with Crippen molar-refractivity contribution in [3.05, 3.63) is 0 Å². The van der Waals surface area contributed by atoms with Gasteiger partial charge in [-0.3, -0.25) is 0 Å². The lowest BCUT2D eigenvalue weighted by atomic mass is 9.42. The Labute approximate surface area is 113 Å². The minimum atomic E-state index is 0.637. The van der Waals surface area contributed by atoms with Gasteiger partial charge in [0.1, 0.15) is 0 Å². The van der Waals surface area contributed by atoms with Crippen molar-refractivity contribution in [1.29, 1.82) is 0 Å². The molecule has 0 spiro atoms. The molecular formula is C17H31N. The van der Waals surface area contributed by atoms with E-state index in [1.54, 1.807) is 0 Å². The molecule has 2 N–H and O–H groups in total. The fraction of sp³-hybridized carbons (Fsp3) is 1.00. The fourth-order valence-corrected chi connectivity index (χ4v) is 6.44. The maximum absolute atomic E-state index is 6.19. The summed E-state index contributed by atoms with van der Waals surface area (Å²) in [6, 6.07) is 0. The molecule has 0 heterocycles. The van der Waals surface area contributed by atoms with E-state index < -0.39 is 0 Å². The number of hydrogen-bond donors (Lipinski definition) is 1. The summed E-state index contributed by atoms with van der Waals surface area (Å²) >= 11 is 0. The first kappa shape index (κ1) is 13.0. The first-order chi connectivity index (χ1) is 8.45. The van der Waals surface area contributed by atoms with Gasteiger partial charge in [-0.05, 0) is 86.0 Å². The molecule has 104 valence electrons. The van der Waals surface area contributed by atoms with Crippen molar-refractivity contribution in [3.63, 3.8) is 0 Å². The number of hydrogen-bond acceptors (Lipinski definition) is 1. The standard InChI is InChI=1S/C17H31N/c1-12(2)4-15(10-18)17-8-13-5-14(9-17)7-16(3,6-13)11-17/h12-15H,4-11,18H2,1-3H3. The van der Waals surface area contributed by atoms with Gasteiger partial charge in [-0.25, -0.2) is 0 Å². The Hall–Kier alpha value is -0.0400. The third-order valence-electron chi connectivity index (χ3n) is 6.31. The summed E-state index contributed by atoms with van der Waals surface area (Å²) in [4.78, 5) is 0. The van der Waals surface area contributed by atoms with Gasteiger partial charge in [0, 0.05) is 0 Å². The van der Waals surface area contributed by atoms with Crippen molar-refractivity contribution in [2.24, 2.45) is 40.2 Å². The van der Waals surface area contributed by atoms with E-state index in [0.29, 0.717) is 10.8 Å². The molecule has 1 heteroatoms. The first-order valence-corrected chi connectivity index (χ1v) is 8.15. The highest BCUT2D eigenvalue weighted by atomic mass is 14.7. The third-order valence-corrected chi connectivity index (χ3v) is 6.31. The summed E-state index contributed by atoms with van der Waals surface area (Å²) < 4.78 is 0. The van der Waals surface area contributed by atoms with Gasteiger partial charge < -0.3 is 5.73 Å². The average molecular weight is 249 g/mol. The smallest absolute Gasteiger partial charge is 0.00434 e. The van der Waals surface area contributed by atoms with Crippen LogP contribution in [0.4, 0.5) is 0 Å². The van der Waals surface area contributed by atoms with Crippen LogP contribution in [0.3, 0.4) is 0 Å². The second kappa shape index (κ2) is 4.23. The number of rotatable bonds is 4. The average Bonchev–Trinajstić information content (AvgIpc) is 2.21. The van der Waals surface area contributed by atoms with Gasteiger partial charge in [-0.2, -0.15) is 0 Å². The monoisotopic (exact) mass is 249 g/mol. The highest BCUT2D eigenvalue weighted by molar-refractivity contribution is 5.08. The molecule has 4 fully saturated rings. The van der Waals surface area contributed by atoms with Crippen LogP contribution in [0.1, 0.15) is 65.7 Å². The van der Waals surface area contributed by atoms with Gasteiger partial charge in [0.15, 0.2) is 0 Å². The SMILES string of the molecule is CC(C)CC(CN)C12CC3CC(CC(C)(C3)C1)C2. The topological polar surface area (TPSA) is 26.0 Å². The molecule has 0 amide bonds. The van der Waals surface area contributed by atoms with Crippen LogP contribution < -0.4 is 5.73 Å². The van der Waals surface area contributed by atoms with Crippen LogP contribution in [0.2, 0.25) is 0 Å². The van der Waals surface area contributed by atoms with Crippen molar-refractivity contribution in [2.75, 3.05) is 6.54 Å². The summed E-state index contributed by atoms with van der Waals surface area (Å²) in [7, 11) is 0. The molecule has 4 bridgehead atoms. The molecule has 4 saturated carbocycles. The maximum atomic E-state index is 6.19. The van der Waals surface area contributed by atoms with Crippen LogP contribution in [0, 0.1) is 34.5 Å². The van der Waals surface area contributed by atoms with E-state index in [9.17, 15) is 0 Å². The normalized spacial score (nSPS) is 47.8. The quantitative estimate of drug-likeness (QED) is 0.793. The Morgan fingerprint density at radius 2 is 1.72 bits per heavy atom. The predicted molar refractivity (Wildman–Crippen MR) is 77.2 cm³/mol. The molecule has 0 saturated heterocycles. The van der Waals surface area contributed by atoms with Crippen molar-refractivity contribution >= 4 is 0 Å². The summed E-state index contributed by atoms with van der Waals surface area (Å²) in [5.74, 6) is 3.68. The summed E-state index contributed by atoms with van der Waals surface area (Å²) in [5.41, 5.74) is 7.50. The summed E-state index contributed by atoms with van der Waals surface area (Å²) in [6.45, 7) is 8.23. The van der Waals surface area contributed by atoms with Crippen molar-refractivity contribution < 1.29 is 0 Å². The lowest BCUT2D eigenvalue weighted by Crippen LogP contribution is -2.55. The molecule has 0 radical (unpaired) electrons. The molecule has 4 rings (SSSR count). The Kier molecular flexibility index (Phi) is 3.05. The minimum Gasteiger partial charge on any atom is -0.330 e. The molecule has 0 aromatic heterocycles. The van der Waals surface area contributed by atoms with E-state index in [1.807, 2.05) is 0 Å². The van der Waals surface area contributed by atoms with Gasteiger partial charge in [-0.1, -0.05) is 20.8 Å². The molecule has 4 aliphatic rings. The lowest BCUT2D eigenvalue weighted by Gasteiger charge is -2.64. The van der Waals surface area contributed by atoms with Crippen LogP contribution >= 0.6 is 0 Å². The van der Waals surface area contributed by atoms with Gasteiger partial charge in [0.25, 0.3) is 0 Å².